The number of ether oxygens (including phenoxy) is 2. The van der Waals surface area contributed by atoms with Crippen molar-refractivity contribution in [2.75, 3.05) is 65.4 Å². The van der Waals surface area contributed by atoms with Crippen molar-refractivity contribution in [1.29, 1.82) is 0 Å². The van der Waals surface area contributed by atoms with Crippen molar-refractivity contribution in [3.8, 4) is 0 Å². The van der Waals surface area contributed by atoms with Crippen molar-refractivity contribution >= 4 is 72.4 Å². The highest BCUT2D eigenvalue weighted by Gasteiger charge is 2.55. The zero-order valence-corrected chi connectivity index (χ0v) is 38.9. The Kier molecular flexibility index (Phi) is 18.0. The number of ketones is 1. The molecule has 6 rings (SSSR count). The van der Waals surface area contributed by atoms with E-state index in [2.05, 4.69) is 77.4 Å². The summed E-state index contributed by atoms with van der Waals surface area (Å²) in [6.45, 7) is 24.4. The lowest BCUT2D eigenvalue weighted by atomic mass is 9.66. The second kappa shape index (κ2) is 20.9. The van der Waals surface area contributed by atoms with Gasteiger partial charge in [-0.2, -0.15) is 0 Å². The summed E-state index contributed by atoms with van der Waals surface area (Å²) < 4.78 is 39.5. The van der Waals surface area contributed by atoms with E-state index >= 15 is 0 Å². The number of aliphatic hydroxyl groups is 1. The summed E-state index contributed by atoms with van der Waals surface area (Å²) in [7, 11) is 0. The Morgan fingerprint density at radius 1 is 0.776 bits per heavy atom. The molecule has 2 amide bonds. The topological polar surface area (TPSA) is 103 Å². The summed E-state index contributed by atoms with van der Waals surface area (Å²) in [5, 5.41) is 11.7. The number of rotatable bonds is 5. The SMILES string of the molecule is C.C=CCN1CC2CN(C(=O)OC(C)(C)C)CC(C1)C2(O)c1ccc(Br)c(F)c1.C=CCN1CC2CN(C(=O)OC(C)(C)C)CC(C1)C2=O.Fc1cc(I)ccc1Br. The summed E-state index contributed by atoms with van der Waals surface area (Å²) >= 11 is 8.29. The lowest BCUT2D eigenvalue weighted by molar-refractivity contribution is -0.161. The molecule has 58 heavy (non-hydrogen) atoms. The van der Waals surface area contributed by atoms with Crippen LogP contribution >= 0.6 is 54.5 Å². The molecule has 0 aromatic heterocycles. The molecule has 0 radical (unpaired) electrons. The van der Waals surface area contributed by atoms with Gasteiger partial charge in [0.2, 0.25) is 0 Å². The number of piperidine rings is 4. The Labute approximate surface area is 373 Å². The second-order valence-corrected chi connectivity index (χ2v) is 19.9. The molecule has 0 aliphatic carbocycles. The molecule has 0 spiro atoms. The van der Waals surface area contributed by atoms with Gasteiger partial charge < -0.3 is 24.4 Å². The van der Waals surface area contributed by atoms with Gasteiger partial charge in [0.25, 0.3) is 0 Å². The van der Waals surface area contributed by atoms with Crippen LogP contribution in [0.25, 0.3) is 0 Å². The molecule has 4 heterocycles. The molecule has 2 aromatic carbocycles. The molecule has 4 fully saturated rings. The van der Waals surface area contributed by atoms with Crippen molar-refractivity contribution in [3.63, 3.8) is 0 Å². The van der Waals surface area contributed by atoms with Crippen molar-refractivity contribution in [2.24, 2.45) is 23.7 Å². The lowest BCUT2D eigenvalue weighted by Crippen LogP contribution is -2.66. The monoisotopic (exact) mass is 1050 g/mol. The average molecular weight is 1050 g/mol. The zero-order valence-electron chi connectivity index (χ0n) is 33.6. The zero-order chi connectivity index (χ0) is 42.5. The van der Waals surface area contributed by atoms with E-state index < -0.39 is 22.6 Å². The summed E-state index contributed by atoms with van der Waals surface area (Å²) in [6.07, 6.45) is 3.02. The first-order valence-corrected chi connectivity index (χ1v) is 21.7. The molecule has 10 nitrogen and oxygen atoms in total. The molecule has 322 valence electrons. The number of carbonyl (C=O) groups excluding carboxylic acids is 3. The van der Waals surface area contributed by atoms with Gasteiger partial charge in [-0.25, -0.2) is 18.4 Å². The Morgan fingerprint density at radius 2 is 1.19 bits per heavy atom. The van der Waals surface area contributed by atoms with Crippen LogP contribution in [-0.2, 0) is 19.9 Å². The van der Waals surface area contributed by atoms with Crippen LogP contribution in [0, 0.1) is 38.9 Å². The van der Waals surface area contributed by atoms with E-state index in [-0.39, 0.29) is 49.1 Å². The molecule has 4 aliphatic rings. The minimum atomic E-state index is -1.20. The van der Waals surface area contributed by atoms with E-state index in [0.29, 0.717) is 79.2 Å². The molecule has 4 unspecified atom stereocenters. The van der Waals surface area contributed by atoms with E-state index in [9.17, 15) is 28.3 Å². The van der Waals surface area contributed by atoms with Gasteiger partial charge in [0.15, 0.2) is 0 Å². The highest BCUT2D eigenvalue weighted by molar-refractivity contribution is 14.1. The Hall–Kier alpha value is -2.44. The molecule has 4 atom stereocenters. The predicted molar refractivity (Wildman–Crippen MR) is 239 cm³/mol. The molecule has 2 aromatic rings. The number of hydrogen-bond acceptors (Lipinski definition) is 8. The van der Waals surface area contributed by atoms with Gasteiger partial charge in [-0.1, -0.05) is 25.6 Å². The van der Waals surface area contributed by atoms with Gasteiger partial charge in [0.05, 0.1) is 8.95 Å². The quantitative estimate of drug-likeness (QED) is 0.180. The first kappa shape index (κ1) is 49.9. The van der Waals surface area contributed by atoms with Crippen molar-refractivity contribution in [1.82, 2.24) is 19.6 Å². The van der Waals surface area contributed by atoms with Gasteiger partial charge in [-0.15, -0.1) is 13.2 Å². The molecular weight excluding hydrogens is 993 g/mol. The number of benzene rings is 2. The number of carbonyl (C=O) groups is 3. The summed E-state index contributed by atoms with van der Waals surface area (Å²) in [6, 6.07) is 9.80. The van der Waals surface area contributed by atoms with Crippen LogP contribution in [0.1, 0.15) is 54.5 Å². The highest BCUT2D eigenvalue weighted by atomic mass is 127. The van der Waals surface area contributed by atoms with E-state index in [0.717, 1.165) is 10.1 Å². The Morgan fingerprint density at radius 3 is 1.59 bits per heavy atom. The van der Waals surface area contributed by atoms with Crippen LogP contribution in [0.2, 0.25) is 0 Å². The maximum absolute atomic E-state index is 14.2. The largest absolute Gasteiger partial charge is 0.444 e. The number of fused-ring (bicyclic) bond motifs is 4. The van der Waals surface area contributed by atoms with Crippen LogP contribution in [0.3, 0.4) is 0 Å². The van der Waals surface area contributed by atoms with E-state index in [1.165, 1.54) is 12.1 Å². The van der Waals surface area contributed by atoms with Crippen LogP contribution in [0.15, 0.2) is 70.7 Å². The van der Waals surface area contributed by atoms with Crippen molar-refractivity contribution < 1.29 is 37.7 Å². The van der Waals surface area contributed by atoms with Crippen LogP contribution in [0.4, 0.5) is 18.4 Å². The third kappa shape index (κ3) is 13.3. The van der Waals surface area contributed by atoms with Gasteiger partial charge in [-0.05, 0) is 132 Å². The van der Waals surface area contributed by atoms with E-state index in [1.54, 1.807) is 28.0 Å². The minimum Gasteiger partial charge on any atom is -0.444 e. The van der Waals surface area contributed by atoms with Gasteiger partial charge in [0, 0.05) is 92.7 Å². The number of Topliss-reactive ketones (excluding diaryl/α,β-unsaturated/α-hetero) is 1. The maximum atomic E-state index is 14.2. The number of likely N-dealkylation sites (tertiary alicyclic amines) is 4. The number of amides is 2. The maximum Gasteiger partial charge on any atom is 0.410 e. The molecule has 4 aliphatic heterocycles. The van der Waals surface area contributed by atoms with Gasteiger partial charge in [0.1, 0.15) is 34.2 Å². The fraction of sp³-hybridized carbons (Fsp3) is 0.558. The summed E-state index contributed by atoms with van der Waals surface area (Å²) in [4.78, 5) is 44.7. The Bertz CT molecular complexity index is 1760. The molecule has 15 heteroatoms. The third-order valence-corrected chi connectivity index (χ3v) is 12.0. The predicted octanol–water partition coefficient (Wildman–Crippen LogP) is 9.13. The lowest BCUT2D eigenvalue weighted by Gasteiger charge is -2.55. The average Bonchev–Trinajstić information content (AvgIpc) is 3.08. The third-order valence-electron chi connectivity index (χ3n) is 10.1. The van der Waals surface area contributed by atoms with E-state index in [4.69, 9.17) is 9.47 Å². The Balaban J connectivity index is 0.000000260. The fourth-order valence-electron chi connectivity index (χ4n) is 7.72. The smallest absolute Gasteiger partial charge is 0.410 e. The van der Waals surface area contributed by atoms with Gasteiger partial charge >= 0.3 is 12.2 Å². The van der Waals surface area contributed by atoms with Crippen LogP contribution < -0.4 is 0 Å². The first-order chi connectivity index (χ1) is 26.5. The molecule has 4 bridgehead atoms. The number of halogens is 5. The summed E-state index contributed by atoms with van der Waals surface area (Å²) in [5.74, 6) is -1.00. The van der Waals surface area contributed by atoms with Crippen molar-refractivity contribution in [3.05, 3.63) is 91.4 Å². The summed E-state index contributed by atoms with van der Waals surface area (Å²) in [5.41, 5.74) is -1.71. The normalized spacial score (nSPS) is 24.5. The van der Waals surface area contributed by atoms with Crippen molar-refractivity contribution in [2.45, 2.75) is 65.8 Å². The number of hydrogen-bond donors (Lipinski definition) is 1. The molecule has 0 saturated carbocycles. The van der Waals surface area contributed by atoms with Crippen LogP contribution in [-0.4, -0.2) is 119 Å². The first-order valence-electron chi connectivity index (χ1n) is 19.0. The molecule has 1 N–H and O–H groups in total. The fourth-order valence-corrected chi connectivity index (χ4v) is 8.67. The minimum absolute atomic E-state index is 0. The standard InChI is InChI=1S/C21H28BrFN2O3.C15H24N2O3.C6H3BrFI.CH4/c1-5-8-24-10-15-12-25(19(26)28-20(2,3)4)13-16(11-24)21(15,27)14-6-7-17(22)18(23)9-14;1-5-6-16-7-11-9-17(10-12(8-16)13(11)18)14(19)20-15(2,3)4;7-5-2-1-4(9)3-6(5)8;/h5-7,9,15-16,27H,1,8,10-13H2,2-4H3;5,11-12H,1,6-10H2,2-4H3;1-3H;1H4. The highest BCUT2D eigenvalue weighted by Crippen LogP contribution is 2.46. The van der Waals surface area contributed by atoms with Crippen LogP contribution in [0.5, 0.6) is 0 Å². The molecule has 4 saturated heterocycles. The molecular formula is C43H59Br2F2IN4O6. The van der Waals surface area contributed by atoms with E-state index in [1.807, 2.05) is 59.8 Å². The second-order valence-electron chi connectivity index (χ2n) is 17.0. The van der Waals surface area contributed by atoms with Gasteiger partial charge in [-0.3, -0.25) is 14.6 Å². The number of nitrogens with zero attached hydrogens (tertiary/aromatic N) is 4.